The second-order valence-corrected chi connectivity index (χ2v) is 7.54. The second-order valence-electron chi connectivity index (χ2n) is 6.77. The zero-order valence-electron chi connectivity index (χ0n) is 16.1. The number of amides is 1. The molecule has 0 saturated heterocycles. The number of aromatic nitrogens is 3. The van der Waals surface area contributed by atoms with Gasteiger partial charge >= 0.3 is 0 Å². The van der Waals surface area contributed by atoms with Gasteiger partial charge in [0.2, 0.25) is 5.91 Å². The zero-order chi connectivity index (χ0) is 18.9. The van der Waals surface area contributed by atoms with Gasteiger partial charge < -0.3 is 15.2 Å². The molecule has 2 rings (SSSR count). The lowest BCUT2D eigenvalue weighted by atomic mass is 10.2. The molecule has 7 heteroatoms. The van der Waals surface area contributed by atoms with Gasteiger partial charge in [0, 0.05) is 32.1 Å². The Morgan fingerprint density at radius 3 is 2.58 bits per heavy atom. The Labute approximate surface area is 160 Å². The fraction of sp³-hybridized carbons (Fsp3) is 0.526. The van der Waals surface area contributed by atoms with Crippen LogP contribution < -0.4 is 10.6 Å². The largest absolute Gasteiger partial charge is 0.326 e. The number of hydrogen-bond donors (Lipinski definition) is 2. The van der Waals surface area contributed by atoms with Gasteiger partial charge in [0.1, 0.15) is 5.82 Å². The van der Waals surface area contributed by atoms with E-state index >= 15 is 0 Å². The molecule has 0 unspecified atom stereocenters. The first-order chi connectivity index (χ1) is 12.5. The van der Waals surface area contributed by atoms with Crippen LogP contribution in [0.25, 0.3) is 0 Å². The third kappa shape index (κ3) is 6.46. The van der Waals surface area contributed by atoms with E-state index in [1.165, 1.54) is 12.5 Å². The van der Waals surface area contributed by atoms with Crippen LogP contribution in [0.15, 0.2) is 29.4 Å². The number of anilines is 1. The number of rotatable bonds is 10. The molecule has 0 radical (unpaired) electrons. The monoisotopic (exact) mass is 375 g/mol. The van der Waals surface area contributed by atoms with E-state index < -0.39 is 0 Å². The van der Waals surface area contributed by atoms with Crippen molar-refractivity contribution in [3.05, 3.63) is 35.7 Å². The molecule has 6 nitrogen and oxygen atoms in total. The molecule has 0 aliphatic rings. The number of nitrogens with zero attached hydrogens (tertiary/aromatic N) is 3. The van der Waals surface area contributed by atoms with E-state index in [0.29, 0.717) is 5.92 Å². The minimum atomic E-state index is -0.0502. The van der Waals surface area contributed by atoms with E-state index in [1.807, 2.05) is 30.5 Å². The number of nitrogens with one attached hydrogen (secondary N) is 2. The molecule has 0 fully saturated rings. The van der Waals surface area contributed by atoms with Crippen molar-refractivity contribution < 1.29 is 4.79 Å². The molecule has 26 heavy (non-hydrogen) atoms. The Kier molecular flexibility index (Phi) is 8.12. The lowest BCUT2D eigenvalue weighted by Gasteiger charge is -2.12. The molecule has 1 amide bonds. The molecule has 142 valence electrons. The van der Waals surface area contributed by atoms with Gasteiger partial charge in [-0.2, -0.15) is 0 Å². The first-order valence-corrected chi connectivity index (χ1v) is 10.3. The zero-order valence-corrected chi connectivity index (χ0v) is 16.9. The van der Waals surface area contributed by atoms with E-state index in [0.717, 1.165) is 49.1 Å². The van der Waals surface area contributed by atoms with Crippen molar-refractivity contribution in [3.63, 3.8) is 0 Å². The van der Waals surface area contributed by atoms with Crippen LogP contribution in [0.2, 0.25) is 0 Å². The molecule has 0 saturated carbocycles. The molecule has 0 bridgehead atoms. The van der Waals surface area contributed by atoms with E-state index in [4.69, 9.17) is 0 Å². The average Bonchev–Trinajstić information content (AvgIpc) is 2.96. The van der Waals surface area contributed by atoms with Gasteiger partial charge in [-0.25, -0.2) is 0 Å². The van der Waals surface area contributed by atoms with Gasteiger partial charge in [-0.15, -0.1) is 10.2 Å². The number of aryl methyl sites for hydroxylation is 1. The number of thioether (sulfide) groups is 1. The molecule has 0 aliphatic heterocycles. The molecule has 0 atom stereocenters. The SMILES string of the molecule is CSc1nnc(CCCNCc2ccc(NC(C)=O)cc2)n1CC(C)C. The lowest BCUT2D eigenvalue weighted by Crippen LogP contribution is -2.17. The van der Waals surface area contributed by atoms with Gasteiger partial charge in [0.25, 0.3) is 0 Å². The maximum absolute atomic E-state index is 11.0. The van der Waals surface area contributed by atoms with Crippen molar-refractivity contribution >= 4 is 23.4 Å². The van der Waals surface area contributed by atoms with E-state index in [1.54, 1.807) is 11.8 Å². The summed E-state index contributed by atoms with van der Waals surface area (Å²) in [5, 5.41) is 15.9. The van der Waals surface area contributed by atoms with Gasteiger partial charge in [-0.05, 0) is 42.8 Å². The minimum Gasteiger partial charge on any atom is -0.326 e. The van der Waals surface area contributed by atoms with Gasteiger partial charge in [0.05, 0.1) is 0 Å². The summed E-state index contributed by atoms with van der Waals surface area (Å²) in [5.41, 5.74) is 2.03. The minimum absolute atomic E-state index is 0.0502. The summed E-state index contributed by atoms with van der Waals surface area (Å²) in [7, 11) is 0. The van der Waals surface area contributed by atoms with Crippen molar-refractivity contribution in [2.45, 2.75) is 51.9 Å². The molecule has 0 spiro atoms. The predicted octanol–water partition coefficient (Wildman–Crippen LogP) is 3.34. The Balaban J connectivity index is 1.75. The standard InChI is InChI=1S/C19H29N5OS/c1-14(2)13-24-18(22-23-19(24)26-4)6-5-11-20-12-16-7-9-17(10-8-16)21-15(3)25/h7-10,14,20H,5-6,11-13H2,1-4H3,(H,21,25). The van der Waals surface area contributed by atoms with Crippen LogP contribution in [0.4, 0.5) is 5.69 Å². The molecule has 1 aromatic carbocycles. The predicted molar refractivity (Wildman–Crippen MR) is 107 cm³/mol. The van der Waals surface area contributed by atoms with Crippen LogP contribution >= 0.6 is 11.8 Å². The van der Waals surface area contributed by atoms with Gasteiger partial charge in [0.15, 0.2) is 5.16 Å². The number of hydrogen-bond acceptors (Lipinski definition) is 5. The van der Waals surface area contributed by atoms with E-state index in [2.05, 4.69) is 39.2 Å². The number of carbonyl (C=O) groups is 1. The Hall–Kier alpha value is -1.86. The van der Waals surface area contributed by atoms with Crippen molar-refractivity contribution in [2.75, 3.05) is 18.1 Å². The average molecular weight is 376 g/mol. The smallest absolute Gasteiger partial charge is 0.221 e. The summed E-state index contributed by atoms with van der Waals surface area (Å²) in [6.07, 6.45) is 3.99. The highest BCUT2D eigenvalue weighted by atomic mass is 32.2. The van der Waals surface area contributed by atoms with E-state index in [-0.39, 0.29) is 5.91 Å². The third-order valence-corrected chi connectivity index (χ3v) is 4.55. The maximum atomic E-state index is 11.0. The van der Waals surface area contributed by atoms with Crippen molar-refractivity contribution in [3.8, 4) is 0 Å². The molecular formula is C19H29N5OS. The van der Waals surface area contributed by atoms with Crippen molar-refractivity contribution in [1.29, 1.82) is 0 Å². The fourth-order valence-electron chi connectivity index (χ4n) is 2.72. The highest BCUT2D eigenvalue weighted by Gasteiger charge is 2.12. The van der Waals surface area contributed by atoms with Crippen molar-refractivity contribution in [2.24, 2.45) is 5.92 Å². The summed E-state index contributed by atoms with van der Waals surface area (Å²) < 4.78 is 2.25. The lowest BCUT2D eigenvalue weighted by molar-refractivity contribution is -0.114. The molecule has 2 aromatic rings. The second kappa shape index (κ2) is 10.3. The third-order valence-electron chi connectivity index (χ3n) is 3.88. The molecule has 0 aliphatic carbocycles. The Morgan fingerprint density at radius 2 is 1.96 bits per heavy atom. The maximum Gasteiger partial charge on any atom is 0.221 e. The first-order valence-electron chi connectivity index (χ1n) is 9.03. The van der Waals surface area contributed by atoms with Crippen LogP contribution in [0.3, 0.4) is 0 Å². The van der Waals surface area contributed by atoms with Crippen LogP contribution in [0, 0.1) is 5.92 Å². The first kappa shape index (κ1) is 20.5. The quantitative estimate of drug-likeness (QED) is 0.492. The highest BCUT2D eigenvalue weighted by Crippen LogP contribution is 2.16. The molecule has 1 heterocycles. The molecule has 1 aromatic heterocycles. The van der Waals surface area contributed by atoms with Crippen LogP contribution in [0.1, 0.15) is 38.6 Å². The summed E-state index contributed by atoms with van der Waals surface area (Å²) >= 11 is 1.65. The normalized spacial score (nSPS) is 11.1. The van der Waals surface area contributed by atoms with Crippen LogP contribution in [0.5, 0.6) is 0 Å². The van der Waals surface area contributed by atoms with Crippen LogP contribution in [-0.2, 0) is 24.3 Å². The fourth-order valence-corrected chi connectivity index (χ4v) is 3.24. The van der Waals surface area contributed by atoms with Gasteiger partial charge in [-0.1, -0.05) is 37.7 Å². The molecule has 2 N–H and O–H groups in total. The molecular weight excluding hydrogens is 346 g/mol. The summed E-state index contributed by atoms with van der Waals surface area (Å²) in [5.74, 6) is 1.60. The number of benzene rings is 1. The van der Waals surface area contributed by atoms with E-state index in [9.17, 15) is 4.79 Å². The Morgan fingerprint density at radius 1 is 1.23 bits per heavy atom. The topological polar surface area (TPSA) is 71.8 Å². The van der Waals surface area contributed by atoms with Crippen LogP contribution in [-0.4, -0.2) is 33.5 Å². The number of carbonyl (C=O) groups excluding carboxylic acids is 1. The van der Waals surface area contributed by atoms with Gasteiger partial charge in [-0.3, -0.25) is 4.79 Å². The summed E-state index contributed by atoms with van der Waals surface area (Å²) in [4.78, 5) is 11.0. The summed E-state index contributed by atoms with van der Waals surface area (Å²) in [6.45, 7) is 8.65. The Bertz CT molecular complexity index is 696. The van der Waals surface area contributed by atoms with Crippen molar-refractivity contribution in [1.82, 2.24) is 20.1 Å². The summed E-state index contributed by atoms with van der Waals surface area (Å²) in [6, 6.07) is 7.91. The highest BCUT2D eigenvalue weighted by molar-refractivity contribution is 7.98.